The van der Waals surface area contributed by atoms with E-state index in [-0.39, 0.29) is 12.1 Å². The molecule has 0 bridgehead atoms. The van der Waals surface area contributed by atoms with Crippen molar-refractivity contribution in [3.05, 3.63) is 17.5 Å². The maximum absolute atomic E-state index is 11.1. The van der Waals surface area contributed by atoms with Gasteiger partial charge in [-0.1, -0.05) is 5.16 Å². The Kier molecular flexibility index (Phi) is 3.50. The zero-order valence-corrected chi connectivity index (χ0v) is 8.63. The van der Waals surface area contributed by atoms with Crippen LogP contribution in [0.4, 0.5) is 4.79 Å². The van der Waals surface area contributed by atoms with E-state index in [0.717, 1.165) is 5.69 Å². The number of carbonyl (C=O) groups is 1. The van der Waals surface area contributed by atoms with Crippen molar-refractivity contribution in [2.24, 2.45) is 0 Å². The molecule has 5 heteroatoms. The van der Waals surface area contributed by atoms with Crippen LogP contribution in [0.3, 0.4) is 0 Å². The predicted octanol–water partition coefficient (Wildman–Crippen LogP) is 1.19. The van der Waals surface area contributed by atoms with E-state index in [1.54, 1.807) is 6.07 Å². The number of aromatic nitrogens is 1. The number of hydrogen-bond donors (Lipinski definition) is 2. The second-order valence-corrected chi connectivity index (χ2v) is 3.42. The molecule has 1 heterocycles. The van der Waals surface area contributed by atoms with E-state index in [0.29, 0.717) is 12.3 Å². The zero-order valence-electron chi connectivity index (χ0n) is 8.63. The summed E-state index contributed by atoms with van der Waals surface area (Å²) < 4.78 is 4.93. The number of nitrogens with one attached hydrogen (secondary N) is 2. The molecule has 0 radical (unpaired) electrons. The van der Waals surface area contributed by atoms with Crippen LogP contribution in [0.15, 0.2) is 10.6 Å². The molecule has 0 aliphatic heterocycles. The Labute approximate surface area is 82.8 Å². The van der Waals surface area contributed by atoms with Crippen molar-refractivity contribution in [2.45, 2.75) is 33.4 Å². The second kappa shape index (κ2) is 4.64. The van der Waals surface area contributed by atoms with E-state index < -0.39 is 0 Å². The number of rotatable bonds is 3. The van der Waals surface area contributed by atoms with Crippen LogP contribution in [0, 0.1) is 6.92 Å². The number of aryl methyl sites for hydroxylation is 1. The third-order valence-electron chi connectivity index (χ3n) is 1.52. The standard InChI is InChI=1S/C9H15N3O2/c1-6(2)11-9(13)10-5-8-4-7(3)12-14-8/h4,6H,5H2,1-3H3,(H2,10,11,13). The molecule has 2 amide bonds. The Morgan fingerprint density at radius 3 is 2.86 bits per heavy atom. The maximum atomic E-state index is 11.1. The van der Waals surface area contributed by atoms with Gasteiger partial charge in [0.15, 0.2) is 5.76 Å². The second-order valence-electron chi connectivity index (χ2n) is 3.42. The molecule has 1 rings (SSSR count). The fourth-order valence-electron chi connectivity index (χ4n) is 0.980. The third-order valence-corrected chi connectivity index (χ3v) is 1.52. The van der Waals surface area contributed by atoms with Gasteiger partial charge in [-0.2, -0.15) is 0 Å². The van der Waals surface area contributed by atoms with E-state index in [9.17, 15) is 4.79 Å². The zero-order chi connectivity index (χ0) is 10.6. The van der Waals surface area contributed by atoms with E-state index >= 15 is 0 Å². The van der Waals surface area contributed by atoms with Crippen LogP contribution in [0.5, 0.6) is 0 Å². The van der Waals surface area contributed by atoms with Crippen LogP contribution in [-0.4, -0.2) is 17.2 Å². The largest absolute Gasteiger partial charge is 0.359 e. The van der Waals surface area contributed by atoms with Crippen LogP contribution in [0.2, 0.25) is 0 Å². The SMILES string of the molecule is Cc1cc(CNC(=O)NC(C)C)on1. The van der Waals surface area contributed by atoms with Crippen LogP contribution in [-0.2, 0) is 6.54 Å². The first-order valence-electron chi connectivity index (χ1n) is 4.54. The normalized spacial score (nSPS) is 10.3. The summed E-state index contributed by atoms with van der Waals surface area (Å²) in [5.41, 5.74) is 0.811. The van der Waals surface area contributed by atoms with Gasteiger partial charge < -0.3 is 15.2 Å². The highest BCUT2D eigenvalue weighted by Gasteiger charge is 2.04. The maximum Gasteiger partial charge on any atom is 0.315 e. The van der Waals surface area contributed by atoms with Gasteiger partial charge in [-0.05, 0) is 20.8 Å². The first-order valence-corrected chi connectivity index (χ1v) is 4.54. The van der Waals surface area contributed by atoms with Crippen molar-refractivity contribution in [2.75, 3.05) is 0 Å². The number of hydrogen-bond acceptors (Lipinski definition) is 3. The van der Waals surface area contributed by atoms with Gasteiger partial charge in [0.05, 0.1) is 12.2 Å². The fraction of sp³-hybridized carbons (Fsp3) is 0.556. The minimum atomic E-state index is -0.200. The van der Waals surface area contributed by atoms with E-state index in [1.165, 1.54) is 0 Å². The Bertz CT molecular complexity index is 307. The summed E-state index contributed by atoms with van der Waals surface area (Å²) in [7, 11) is 0. The minimum absolute atomic E-state index is 0.131. The predicted molar refractivity (Wildman–Crippen MR) is 51.7 cm³/mol. The monoisotopic (exact) mass is 197 g/mol. The molecule has 1 aromatic rings. The lowest BCUT2D eigenvalue weighted by atomic mass is 10.4. The molecule has 78 valence electrons. The van der Waals surface area contributed by atoms with Gasteiger partial charge in [-0.25, -0.2) is 4.79 Å². The summed E-state index contributed by atoms with van der Waals surface area (Å²) in [5, 5.41) is 9.08. The number of nitrogens with zero attached hydrogens (tertiary/aromatic N) is 1. The summed E-state index contributed by atoms with van der Waals surface area (Å²) in [6.07, 6.45) is 0. The first-order chi connectivity index (χ1) is 6.58. The van der Waals surface area contributed by atoms with Crippen LogP contribution in [0.25, 0.3) is 0 Å². The van der Waals surface area contributed by atoms with Gasteiger partial charge in [0.2, 0.25) is 0 Å². The van der Waals surface area contributed by atoms with Crippen molar-refractivity contribution in [1.82, 2.24) is 15.8 Å². The van der Waals surface area contributed by atoms with Gasteiger partial charge in [0, 0.05) is 12.1 Å². The quantitative estimate of drug-likeness (QED) is 0.764. The van der Waals surface area contributed by atoms with Crippen LogP contribution < -0.4 is 10.6 Å². The molecule has 0 fully saturated rings. The lowest BCUT2D eigenvalue weighted by Gasteiger charge is -2.08. The minimum Gasteiger partial charge on any atom is -0.359 e. The van der Waals surface area contributed by atoms with Crippen LogP contribution >= 0.6 is 0 Å². The number of urea groups is 1. The Morgan fingerprint density at radius 2 is 2.36 bits per heavy atom. The average molecular weight is 197 g/mol. The van der Waals surface area contributed by atoms with Gasteiger partial charge >= 0.3 is 6.03 Å². The Morgan fingerprint density at radius 1 is 1.64 bits per heavy atom. The molecule has 14 heavy (non-hydrogen) atoms. The molecule has 5 nitrogen and oxygen atoms in total. The molecule has 0 saturated heterocycles. The molecule has 0 spiro atoms. The van der Waals surface area contributed by atoms with Gasteiger partial charge in [-0.15, -0.1) is 0 Å². The smallest absolute Gasteiger partial charge is 0.315 e. The summed E-state index contributed by atoms with van der Waals surface area (Å²) in [6.45, 7) is 6.00. The highest BCUT2D eigenvalue weighted by Crippen LogP contribution is 2.00. The van der Waals surface area contributed by atoms with E-state index in [1.807, 2.05) is 20.8 Å². The van der Waals surface area contributed by atoms with Crippen LogP contribution in [0.1, 0.15) is 25.3 Å². The average Bonchev–Trinajstić information content (AvgIpc) is 2.47. The summed E-state index contributed by atoms with van der Waals surface area (Å²) in [6, 6.07) is 1.72. The molecule has 0 saturated carbocycles. The first kappa shape index (κ1) is 10.6. The number of amides is 2. The third kappa shape index (κ3) is 3.47. The number of carbonyl (C=O) groups excluding carboxylic acids is 1. The van der Waals surface area contributed by atoms with Crippen molar-refractivity contribution in [3.8, 4) is 0 Å². The fourth-order valence-corrected chi connectivity index (χ4v) is 0.980. The summed E-state index contributed by atoms with van der Waals surface area (Å²) in [4.78, 5) is 11.1. The summed E-state index contributed by atoms with van der Waals surface area (Å²) in [5.74, 6) is 0.654. The topological polar surface area (TPSA) is 67.2 Å². The lowest BCUT2D eigenvalue weighted by Crippen LogP contribution is -2.38. The molecular formula is C9H15N3O2. The molecule has 0 aromatic carbocycles. The molecule has 0 atom stereocenters. The Balaban J connectivity index is 2.30. The van der Waals surface area contributed by atoms with Crippen molar-refractivity contribution >= 4 is 6.03 Å². The van der Waals surface area contributed by atoms with Crippen molar-refractivity contribution in [1.29, 1.82) is 0 Å². The van der Waals surface area contributed by atoms with E-state index in [2.05, 4.69) is 15.8 Å². The molecule has 0 aliphatic rings. The molecule has 0 aliphatic carbocycles. The summed E-state index contributed by atoms with van der Waals surface area (Å²) >= 11 is 0. The highest BCUT2D eigenvalue weighted by atomic mass is 16.5. The highest BCUT2D eigenvalue weighted by molar-refractivity contribution is 5.73. The van der Waals surface area contributed by atoms with E-state index in [4.69, 9.17) is 4.52 Å². The van der Waals surface area contributed by atoms with Gasteiger partial charge in [0.1, 0.15) is 0 Å². The van der Waals surface area contributed by atoms with Gasteiger partial charge in [0.25, 0.3) is 0 Å². The molecular weight excluding hydrogens is 182 g/mol. The van der Waals surface area contributed by atoms with Crippen molar-refractivity contribution < 1.29 is 9.32 Å². The lowest BCUT2D eigenvalue weighted by molar-refractivity contribution is 0.236. The van der Waals surface area contributed by atoms with Gasteiger partial charge in [-0.3, -0.25) is 0 Å². The molecule has 2 N–H and O–H groups in total. The molecule has 1 aromatic heterocycles. The van der Waals surface area contributed by atoms with Crippen molar-refractivity contribution in [3.63, 3.8) is 0 Å². The molecule has 0 unspecified atom stereocenters. The Hall–Kier alpha value is -1.52.